The summed E-state index contributed by atoms with van der Waals surface area (Å²) in [4.78, 5) is 20.3. The monoisotopic (exact) mass is 543 g/mol. The molecule has 1 N–H and O–H groups in total. The molecule has 1 saturated heterocycles. The number of hydrogen-bond acceptors (Lipinski definition) is 8. The van der Waals surface area contributed by atoms with Crippen molar-refractivity contribution in [3.05, 3.63) is 75.8 Å². The Hall–Kier alpha value is -3.97. The Labute approximate surface area is 221 Å². The number of rotatable bonds is 8. The van der Waals surface area contributed by atoms with E-state index in [4.69, 9.17) is 9.47 Å². The van der Waals surface area contributed by atoms with E-state index in [1.165, 1.54) is 12.1 Å². The van der Waals surface area contributed by atoms with E-state index in [0.29, 0.717) is 67.7 Å². The second kappa shape index (κ2) is 11.0. The number of anilines is 1. The predicted molar refractivity (Wildman–Crippen MR) is 138 cm³/mol. The van der Waals surface area contributed by atoms with E-state index in [0.717, 1.165) is 11.5 Å². The molecule has 0 radical (unpaired) electrons. The SMILES string of the molecule is COCCn1nnnc1[C@H](c1cc2cc(OC)ccc2[nH]c1=O)N1CCN(c2cccc(C(F)(F)F)c2)CC1. The van der Waals surface area contributed by atoms with Crippen molar-refractivity contribution in [3.8, 4) is 5.75 Å². The molecule has 3 heterocycles. The van der Waals surface area contributed by atoms with Gasteiger partial charge in [-0.05, 0) is 52.9 Å². The molecule has 0 amide bonds. The zero-order chi connectivity index (χ0) is 27.6. The maximum atomic E-state index is 13.4. The van der Waals surface area contributed by atoms with Crippen molar-refractivity contribution in [3.63, 3.8) is 0 Å². The second-order valence-electron chi connectivity index (χ2n) is 9.23. The summed E-state index contributed by atoms with van der Waals surface area (Å²) in [5.41, 5.74) is 0.657. The molecule has 0 saturated carbocycles. The summed E-state index contributed by atoms with van der Waals surface area (Å²) >= 11 is 0. The molecule has 0 aliphatic carbocycles. The number of alkyl halides is 3. The van der Waals surface area contributed by atoms with Crippen LogP contribution in [-0.2, 0) is 17.5 Å². The largest absolute Gasteiger partial charge is 0.497 e. The van der Waals surface area contributed by atoms with Gasteiger partial charge in [0.05, 0.1) is 25.8 Å². The molecular formula is C26H28F3N7O3. The molecule has 2 aromatic carbocycles. The molecule has 0 unspecified atom stereocenters. The normalized spacial score (nSPS) is 15.6. The number of H-pyrrole nitrogens is 1. The third kappa shape index (κ3) is 5.59. The van der Waals surface area contributed by atoms with Gasteiger partial charge < -0.3 is 19.4 Å². The fraction of sp³-hybridized carbons (Fsp3) is 0.385. The van der Waals surface area contributed by atoms with Crippen LogP contribution in [-0.4, -0.2) is 77.1 Å². The molecule has 1 fully saturated rings. The summed E-state index contributed by atoms with van der Waals surface area (Å²) in [6.07, 6.45) is -4.41. The lowest BCUT2D eigenvalue weighted by Crippen LogP contribution is -2.49. The van der Waals surface area contributed by atoms with Gasteiger partial charge in [0, 0.05) is 55.4 Å². The Morgan fingerprint density at radius 1 is 1.05 bits per heavy atom. The predicted octanol–water partition coefficient (Wildman–Crippen LogP) is 3.10. The Bertz CT molecular complexity index is 1500. The molecule has 10 nitrogen and oxygen atoms in total. The van der Waals surface area contributed by atoms with Crippen molar-refractivity contribution in [2.75, 3.05) is 51.9 Å². The van der Waals surface area contributed by atoms with E-state index in [1.807, 2.05) is 17.0 Å². The van der Waals surface area contributed by atoms with Crippen LogP contribution in [0.3, 0.4) is 0 Å². The minimum atomic E-state index is -4.41. The van der Waals surface area contributed by atoms with E-state index in [2.05, 4.69) is 25.4 Å². The first-order valence-electron chi connectivity index (χ1n) is 12.4. The summed E-state index contributed by atoms with van der Waals surface area (Å²) in [6.45, 7) is 2.60. The fourth-order valence-corrected chi connectivity index (χ4v) is 4.89. The first-order valence-corrected chi connectivity index (χ1v) is 12.4. The number of aromatic amines is 1. The molecule has 4 aromatic rings. The van der Waals surface area contributed by atoms with Crippen molar-refractivity contribution < 1.29 is 22.6 Å². The standard InChI is InChI=1S/C26H28F3N7O3/c1-38-13-12-36-24(31-32-33-36)23(21-15-17-14-20(39-2)6-7-22(17)30-25(21)37)35-10-8-34(9-11-35)19-5-3-4-18(16-19)26(27,28)29/h3-7,14-16,23H,8-13H2,1-2H3,(H,30,37)/t23-/m0/s1. The van der Waals surface area contributed by atoms with Gasteiger partial charge in [-0.15, -0.1) is 5.10 Å². The first kappa shape index (κ1) is 26.6. The highest BCUT2D eigenvalue weighted by molar-refractivity contribution is 5.80. The molecule has 1 aliphatic rings. The van der Waals surface area contributed by atoms with Gasteiger partial charge in [0.25, 0.3) is 5.56 Å². The van der Waals surface area contributed by atoms with Crippen LogP contribution >= 0.6 is 0 Å². The van der Waals surface area contributed by atoms with Crippen LogP contribution in [0.15, 0.2) is 53.3 Å². The van der Waals surface area contributed by atoms with Crippen LogP contribution < -0.4 is 15.2 Å². The maximum absolute atomic E-state index is 13.4. The highest BCUT2D eigenvalue weighted by Gasteiger charge is 2.34. The lowest BCUT2D eigenvalue weighted by molar-refractivity contribution is -0.137. The van der Waals surface area contributed by atoms with Gasteiger partial charge in [-0.3, -0.25) is 9.69 Å². The van der Waals surface area contributed by atoms with Crippen LogP contribution in [0.4, 0.5) is 18.9 Å². The topological polar surface area (TPSA) is 101 Å². The molecule has 5 rings (SSSR count). The third-order valence-electron chi connectivity index (χ3n) is 6.90. The molecule has 13 heteroatoms. The Morgan fingerprint density at radius 3 is 2.56 bits per heavy atom. The zero-order valence-corrected chi connectivity index (χ0v) is 21.5. The number of halogens is 3. The van der Waals surface area contributed by atoms with Gasteiger partial charge in [0.1, 0.15) is 11.8 Å². The van der Waals surface area contributed by atoms with E-state index in [-0.39, 0.29) is 5.56 Å². The number of nitrogens with one attached hydrogen (secondary N) is 1. The highest BCUT2D eigenvalue weighted by Crippen LogP contribution is 2.33. The van der Waals surface area contributed by atoms with Crippen LogP contribution in [0.5, 0.6) is 5.75 Å². The molecule has 39 heavy (non-hydrogen) atoms. The number of fused-ring (bicyclic) bond motifs is 1. The third-order valence-corrected chi connectivity index (χ3v) is 6.90. The minimum Gasteiger partial charge on any atom is -0.497 e. The van der Waals surface area contributed by atoms with Crippen LogP contribution in [0.1, 0.15) is 23.0 Å². The van der Waals surface area contributed by atoms with Crippen molar-refractivity contribution in [1.82, 2.24) is 30.1 Å². The molecular weight excluding hydrogens is 515 g/mol. The number of hydrogen-bond donors (Lipinski definition) is 1. The number of benzene rings is 2. The van der Waals surface area contributed by atoms with Gasteiger partial charge in [0.2, 0.25) is 0 Å². The van der Waals surface area contributed by atoms with Crippen LogP contribution in [0, 0.1) is 0 Å². The first-order chi connectivity index (χ1) is 18.8. The Balaban J connectivity index is 1.49. The number of ether oxygens (including phenoxy) is 2. The Morgan fingerprint density at radius 2 is 1.85 bits per heavy atom. The van der Waals surface area contributed by atoms with Crippen LogP contribution in [0.25, 0.3) is 10.9 Å². The number of pyridine rings is 1. The number of piperazine rings is 1. The molecule has 206 valence electrons. The molecule has 0 bridgehead atoms. The number of aromatic nitrogens is 5. The lowest BCUT2D eigenvalue weighted by Gasteiger charge is -2.39. The van der Waals surface area contributed by atoms with Gasteiger partial charge in [0.15, 0.2) is 5.82 Å². The number of tetrazole rings is 1. The summed E-state index contributed by atoms with van der Waals surface area (Å²) < 4.78 is 52.0. The quantitative estimate of drug-likeness (QED) is 0.362. The van der Waals surface area contributed by atoms with Gasteiger partial charge in [-0.2, -0.15) is 13.2 Å². The summed E-state index contributed by atoms with van der Waals surface area (Å²) in [5, 5.41) is 13.0. The van der Waals surface area contributed by atoms with E-state index < -0.39 is 17.8 Å². The zero-order valence-electron chi connectivity index (χ0n) is 21.5. The van der Waals surface area contributed by atoms with E-state index in [1.54, 1.807) is 37.1 Å². The summed E-state index contributed by atoms with van der Waals surface area (Å²) in [7, 11) is 3.15. The lowest BCUT2D eigenvalue weighted by atomic mass is 10.0. The van der Waals surface area contributed by atoms with Crippen molar-refractivity contribution in [2.45, 2.75) is 18.8 Å². The maximum Gasteiger partial charge on any atom is 0.416 e. The average molecular weight is 544 g/mol. The van der Waals surface area contributed by atoms with Gasteiger partial charge in [-0.1, -0.05) is 6.07 Å². The van der Waals surface area contributed by atoms with Crippen LogP contribution in [0.2, 0.25) is 0 Å². The molecule has 2 aromatic heterocycles. The second-order valence-corrected chi connectivity index (χ2v) is 9.23. The smallest absolute Gasteiger partial charge is 0.416 e. The highest BCUT2D eigenvalue weighted by atomic mass is 19.4. The summed E-state index contributed by atoms with van der Waals surface area (Å²) in [6, 6.07) is 11.9. The van der Waals surface area contributed by atoms with Gasteiger partial charge in [-0.25, -0.2) is 4.68 Å². The minimum absolute atomic E-state index is 0.278. The van der Waals surface area contributed by atoms with Crippen molar-refractivity contribution in [1.29, 1.82) is 0 Å². The van der Waals surface area contributed by atoms with Crippen molar-refractivity contribution >= 4 is 16.6 Å². The Kier molecular flexibility index (Phi) is 7.53. The summed E-state index contributed by atoms with van der Waals surface area (Å²) in [5.74, 6) is 1.13. The van der Waals surface area contributed by atoms with E-state index in [9.17, 15) is 18.0 Å². The van der Waals surface area contributed by atoms with Gasteiger partial charge >= 0.3 is 6.18 Å². The number of methoxy groups -OCH3 is 2. The van der Waals surface area contributed by atoms with Crippen molar-refractivity contribution in [2.24, 2.45) is 0 Å². The molecule has 1 atom stereocenters. The van der Waals surface area contributed by atoms with E-state index >= 15 is 0 Å². The molecule has 1 aliphatic heterocycles. The average Bonchev–Trinajstić information content (AvgIpc) is 3.40. The molecule has 0 spiro atoms. The number of nitrogens with zero attached hydrogens (tertiary/aromatic N) is 6. The fourth-order valence-electron chi connectivity index (χ4n) is 4.89.